The number of carbonyl (C=O) groups is 2. The lowest BCUT2D eigenvalue weighted by Crippen LogP contribution is -2.40. The molecule has 15 heavy (non-hydrogen) atoms. The van der Waals surface area contributed by atoms with Crippen LogP contribution in [0.25, 0.3) is 0 Å². The van der Waals surface area contributed by atoms with Gasteiger partial charge in [0.25, 0.3) is 0 Å². The average molecular weight is 208 g/mol. The molecule has 1 heterocycles. The van der Waals surface area contributed by atoms with E-state index in [2.05, 4.69) is 0 Å². The molecule has 2 saturated carbocycles. The van der Waals surface area contributed by atoms with Gasteiger partial charge in [-0.1, -0.05) is 13.3 Å². The summed E-state index contributed by atoms with van der Waals surface area (Å²) in [5.41, 5.74) is -1.42. The maximum Gasteiger partial charge on any atom is 0.321 e. The maximum atomic E-state index is 12.3. The number of ether oxygens (including phenoxy) is 1. The lowest BCUT2D eigenvalue weighted by atomic mass is 9.78. The Bertz CT molecular complexity index is 341. The van der Waals surface area contributed by atoms with E-state index in [0.29, 0.717) is 6.42 Å². The average Bonchev–Trinajstić information content (AvgIpc) is 2.87. The molecule has 3 rings (SSSR count). The highest BCUT2D eigenvalue weighted by Crippen LogP contribution is 2.61. The monoisotopic (exact) mass is 208 g/mol. The first-order valence-corrected chi connectivity index (χ1v) is 5.90. The van der Waals surface area contributed by atoms with Crippen LogP contribution in [0.15, 0.2) is 0 Å². The predicted octanol–water partition coefficient (Wildman–Crippen LogP) is 1.84. The quantitative estimate of drug-likeness (QED) is 0.450. The smallest absolute Gasteiger partial charge is 0.321 e. The first-order valence-electron chi connectivity index (χ1n) is 5.90. The van der Waals surface area contributed by atoms with Crippen LogP contribution < -0.4 is 0 Å². The highest BCUT2D eigenvalue weighted by atomic mass is 16.6. The summed E-state index contributed by atoms with van der Waals surface area (Å²) >= 11 is 0. The Morgan fingerprint density at radius 1 is 1.20 bits per heavy atom. The predicted molar refractivity (Wildman–Crippen MR) is 53.1 cm³/mol. The summed E-state index contributed by atoms with van der Waals surface area (Å²) < 4.78 is 5.46. The summed E-state index contributed by atoms with van der Waals surface area (Å²) in [4.78, 5) is 24.2. The molecule has 0 aromatic heterocycles. The number of hydrogen-bond acceptors (Lipinski definition) is 3. The van der Waals surface area contributed by atoms with Gasteiger partial charge in [-0.2, -0.15) is 0 Å². The molecule has 1 aliphatic heterocycles. The fourth-order valence-corrected chi connectivity index (χ4v) is 3.29. The molecule has 3 heteroatoms. The van der Waals surface area contributed by atoms with Gasteiger partial charge in [0.15, 0.2) is 11.4 Å². The number of hydrogen-bond donors (Lipinski definition) is 0. The molecule has 3 aliphatic rings. The summed E-state index contributed by atoms with van der Waals surface area (Å²) in [5.74, 6) is 0.0768. The van der Waals surface area contributed by atoms with Crippen molar-refractivity contribution in [2.24, 2.45) is 11.3 Å². The molecular weight excluding hydrogens is 192 g/mol. The van der Waals surface area contributed by atoms with Gasteiger partial charge in [0.05, 0.1) is 0 Å². The summed E-state index contributed by atoms with van der Waals surface area (Å²) in [5, 5.41) is 0. The first kappa shape index (κ1) is 9.37. The van der Waals surface area contributed by atoms with E-state index in [1.807, 2.05) is 6.92 Å². The molecular formula is C12H16O3. The van der Waals surface area contributed by atoms with Crippen molar-refractivity contribution in [3.63, 3.8) is 0 Å². The molecule has 82 valence electrons. The van der Waals surface area contributed by atoms with Crippen LogP contribution in [0.1, 0.15) is 45.4 Å². The minimum atomic E-state index is -0.711. The molecule has 0 bridgehead atoms. The second kappa shape index (κ2) is 2.63. The molecule has 2 atom stereocenters. The van der Waals surface area contributed by atoms with Gasteiger partial charge in [0.2, 0.25) is 0 Å². The Hall–Kier alpha value is -0.860. The Morgan fingerprint density at radius 2 is 1.80 bits per heavy atom. The molecule has 0 aromatic rings. The van der Waals surface area contributed by atoms with Crippen molar-refractivity contribution in [1.82, 2.24) is 0 Å². The molecule has 2 aliphatic carbocycles. The fourth-order valence-electron chi connectivity index (χ4n) is 3.29. The minimum absolute atomic E-state index is 0.104. The van der Waals surface area contributed by atoms with Crippen molar-refractivity contribution >= 4 is 11.8 Å². The Morgan fingerprint density at radius 3 is 2.27 bits per heavy atom. The van der Waals surface area contributed by atoms with Crippen LogP contribution in [-0.2, 0) is 14.3 Å². The van der Waals surface area contributed by atoms with Crippen molar-refractivity contribution in [1.29, 1.82) is 0 Å². The van der Waals surface area contributed by atoms with Crippen molar-refractivity contribution in [2.45, 2.75) is 51.0 Å². The number of esters is 1. The summed E-state index contributed by atoms with van der Waals surface area (Å²) in [7, 11) is 0. The van der Waals surface area contributed by atoms with E-state index in [-0.39, 0.29) is 17.7 Å². The molecule has 0 N–H and O–H groups in total. The fraction of sp³-hybridized carbons (Fsp3) is 0.833. The van der Waals surface area contributed by atoms with Crippen LogP contribution in [0.4, 0.5) is 0 Å². The van der Waals surface area contributed by atoms with Crippen LogP contribution >= 0.6 is 0 Å². The van der Waals surface area contributed by atoms with Gasteiger partial charge in [-0.25, -0.2) is 0 Å². The molecule has 3 fully saturated rings. The summed E-state index contributed by atoms with van der Waals surface area (Å²) in [6.45, 7) is 1.97. The molecule has 3 nitrogen and oxygen atoms in total. The lowest BCUT2D eigenvalue weighted by Gasteiger charge is -2.29. The van der Waals surface area contributed by atoms with Crippen LogP contribution in [0, 0.1) is 11.3 Å². The van der Waals surface area contributed by atoms with Crippen molar-refractivity contribution in [3.05, 3.63) is 0 Å². The van der Waals surface area contributed by atoms with Gasteiger partial charge in [-0.05, 0) is 38.0 Å². The Kier molecular flexibility index (Phi) is 1.64. The Balaban J connectivity index is 1.95. The second-order valence-corrected chi connectivity index (χ2v) is 5.35. The number of ketones is 1. The van der Waals surface area contributed by atoms with E-state index in [4.69, 9.17) is 4.74 Å². The van der Waals surface area contributed by atoms with E-state index in [9.17, 15) is 9.59 Å². The van der Waals surface area contributed by atoms with Crippen LogP contribution in [0.3, 0.4) is 0 Å². The van der Waals surface area contributed by atoms with Gasteiger partial charge in [0.1, 0.15) is 5.41 Å². The van der Waals surface area contributed by atoms with Crippen LogP contribution in [0.5, 0.6) is 0 Å². The zero-order chi connectivity index (χ0) is 10.7. The van der Waals surface area contributed by atoms with E-state index < -0.39 is 11.0 Å². The number of rotatable bonds is 0. The maximum absolute atomic E-state index is 12.3. The van der Waals surface area contributed by atoms with Gasteiger partial charge in [-0.3, -0.25) is 9.59 Å². The zero-order valence-electron chi connectivity index (χ0n) is 9.04. The number of carbonyl (C=O) groups excluding carboxylic acids is 2. The minimum Gasteiger partial charge on any atom is -0.450 e. The van der Waals surface area contributed by atoms with Crippen molar-refractivity contribution in [2.75, 3.05) is 0 Å². The molecule has 0 aromatic carbocycles. The molecule has 0 radical (unpaired) electrons. The van der Waals surface area contributed by atoms with Crippen molar-refractivity contribution < 1.29 is 14.3 Å². The summed E-state index contributed by atoms with van der Waals surface area (Å²) in [6, 6.07) is 0. The van der Waals surface area contributed by atoms with Gasteiger partial charge < -0.3 is 4.74 Å². The lowest BCUT2D eigenvalue weighted by molar-refractivity contribution is -0.155. The second-order valence-electron chi connectivity index (χ2n) is 5.35. The van der Waals surface area contributed by atoms with Crippen LogP contribution in [-0.4, -0.2) is 17.4 Å². The largest absolute Gasteiger partial charge is 0.450 e. The third kappa shape index (κ3) is 0.963. The highest BCUT2D eigenvalue weighted by Gasteiger charge is 2.74. The molecule has 1 saturated heterocycles. The Labute approximate surface area is 89.2 Å². The normalized spacial score (nSPS) is 42.3. The highest BCUT2D eigenvalue weighted by molar-refractivity contribution is 6.16. The molecule has 1 unspecified atom stereocenters. The topological polar surface area (TPSA) is 43.4 Å². The van der Waals surface area contributed by atoms with E-state index >= 15 is 0 Å². The van der Waals surface area contributed by atoms with E-state index in [1.54, 1.807) is 0 Å². The van der Waals surface area contributed by atoms with Gasteiger partial charge >= 0.3 is 5.97 Å². The van der Waals surface area contributed by atoms with E-state index in [1.165, 1.54) is 0 Å². The van der Waals surface area contributed by atoms with Gasteiger partial charge in [-0.15, -0.1) is 0 Å². The van der Waals surface area contributed by atoms with Crippen LogP contribution in [0.2, 0.25) is 0 Å². The third-order valence-electron chi connectivity index (χ3n) is 4.44. The standard InChI is InChI=1S/C12H16O3/c1-8-7-12(8)9(13)11(15-10(12)14)5-3-2-4-6-11/h8H,2-7H2,1H3/t8-,12?/m0/s1. The zero-order valence-corrected chi connectivity index (χ0v) is 9.04. The molecule has 2 spiro atoms. The SMILES string of the molecule is C[C@H]1CC12C(=O)OC1(CCCCC1)C2=O. The van der Waals surface area contributed by atoms with Gasteiger partial charge in [0, 0.05) is 0 Å². The number of Topliss-reactive ketones (excluding diaryl/α,β-unsaturated/α-hetero) is 1. The molecule has 0 amide bonds. The summed E-state index contributed by atoms with van der Waals surface area (Å²) in [6.07, 6.45) is 5.42. The third-order valence-corrected chi connectivity index (χ3v) is 4.44. The van der Waals surface area contributed by atoms with E-state index in [0.717, 1.165) is 32.1 Å². The van der Waals surface area contributed by atoms with Crippen molar-refractivity contribution in [3.8, 4) is 0 Å². The first-order chi connectivity index (χ1) is 7.12.